The lowest BCUT2D eigenvalue weighted by Crippen LogP contribution is -2.28. The van der Waals surface area contributed by atoms with Crippen LogP contribution in [0.25, 0.3) is 0 Å². The van der Waals surface area contributed by atoms with Gasteiger partial charge in [0.2, 0.25) is 0 Å². The molecule has 1 nitrogen and oxygen atoms in total. The molecule has 1 aliphatic carbocycles. The van der Waals surface area contributed by atoms with E-state index in [0.29, 0.717) is 5.92 Å². The van der Waals surface area contributed by atoms with E-state index in [2.05, 4.69) is 26.5 Å². The van der Waals surface area contributed by atoms with Gasteiger partial charge in [-0.05, 0) is 37.2 Å². The van der Waals surface area contributed by atoms with Crippen molar-refractivity contribution in [1.29, 1.82) is 0 Å². The summed E-state index contributed by atoms with van der Waals surface area (Å²) in [5, 5.41) is 0. The molecule has 0 spiro atoms. The van der Waals surface area contributed by atoms with E-state index in [4.69, 9.17) is 0 Å². The van der Waals surface area contributed by atoms with Gasteiger partial charge in [0.15, 0.2) is 0 Å². The lowest BCUT2D eigenvalue weighted by molar-refractivity contribution is -0.104. The van der Waals surface area contributed by atoms with Gasteiger partial charge in [-0.2, -0.15) is 0 Å². The molecule has 0 aromatic carbocycles. The Morgan fingerprint density at radius 1 is 1.57 bits per heavy atom. The third-order valence-electron chi connectivity index (χ3n) is 3.22. The number of aldehydes is 1. The highest BCUT2D eigenvalue weighted by Crippen LogP contribution is 2.44. The highest BCUT2D eigenvalue weighted by molar-refractivity contribution is 5.72. The van der Waals surface area contributed by atoms with E-state index in [9.17, 15) is 4.79 Å². The molecule has 0 heterocycles. The molecule has 0 saturated heterocycles. The maximum atomic E-state index is 10.6. The Kier molecular flexibility index (Phi) is 3.30. The Bertz CT molecular complexity index is 271. The van der Waals surface area contributed by atoms with E-state index in [1.54, 1.807) is 0 Å². The van der Waals surface area contributed by atoms with Gasteiger partial charge in [0.05, 0.1) is 0 Å². The Morgan fingerprint density at radius 2 is 2.21 bits per heavy atom. The second kappa shape index (κ2) is 4.12. The van der Waals surface area contributed by atoms with Crippen molar-refractivity contribution in [3.05, 3.63) is 23.8 Å². The molecule has 1 unspecified atom stereocenters. The molecule has 0 amide bonds. The van der Waals surface area contributed by atoms with E-state index in [0.717, 1.165) is 18.3 Å². The molecule has 0 aliphatic heterocycles. The predicted octanol–water partition coefficient (Wildman–Crippen LogP) is 3.51. The van der Waals surface area contributed by atoms with Gasteiger partial charge in [-0.3, -0.25) is 4.79 Å². The molecule has 0 bridgehead atoms. The average molecular weight is 192 g/mol. The van der Waals surface area contributed by atoms with Gasteiger partial charge in [-0.1, -0.05) is 32.1 Å². The number of allylic oxidation sites excluding steroid dienone is 3. The Morgan fingerprint density at radius 3 is 2.71 bits per heavy atom. The van der Waals surface area contributed by atoms with Gasteiger partial charge < -0.3 is 0 Å². The number of hydrogen-bond acceptors (Lipinski definition) is 1. The molecule has 1 saturated carbocycles. The maximum Gasteiger partial charge on any atom is 0.145 e. The first-order valence-corrected chi connectivity index (χ1v) is 5.28. The van der Waals surface area contributed by atoms with Crippen LogP contribution in [-0.4, -0.2) is 6.29 Å². The number of carbonyl (C=O) groups excluding carboxylic acids is 1. The van der Waals surface area contributed by atoms with Crippen molar-refractivity contribution >= 4 is 6.29 Å². The molecule has 0 radical (unpaired) electrons. The van der Waals surface area contributed by atoms with Crippen molar-refractivity contribution in [2.45, 2.75) is 40.0 Å². The zero-order valence-corrected chi connectivity index (χ0v) is 9.47. The van der Waals surface area contributed by atoms with E-state index in [1.165, 1.54) is 18.4 Å². The van der Waals surface area contributed by atoms with Gasteiger partial charge in [-0.15, -0.1) is 0 Å². The molecule has 14 heavy (non-hydrogen) atoms. The van der Waals surface area contributed by atoms with Crippen molar-refractivity contribution in [3.63, 3.8) is 0 Å². The summed E-state index contributed by atoms with van der Waals surface area (Å²) in [6.45, 7) is 10.5. The monoisotopic (exact) mass is 192 g/mol. The third kappa shape index (κ3) is 2.34. The van der Waals surface area contributed by atoms with Gasteiger partial charge >= 0.3 is 0 Å². The molecule has 1 atom stereocenters. The summed E-state index contributed by atoms with van der Waals surface area (Å²) < 4.78 is 0. The molecule has 1 heteroatoms. The maximum absolute atomic E-state index is 10.6. The summed E-state index contributed by atoms with van der Waals surface area (Å²) in [5.41, 5.74) is 2.37. The van der Waals surface area contributed by atoms with E-state index >= 15 is 0 Å². The minimum Gasteiger partial charge on any atom is -0.298 e. The molecular formula is C13H20O. The van der Waals surface area contributed by atoms with E-state index < -0.39 is 0 Å². The van der Waals surface area contributed by atoms with Crippen LogP contribution >= 0.6 is 0 Å². The van der Waals surface area contributed by atoms with Gasteiger partial charge in [-0.25, -0.2) is 0 Å². The lowest BCUT2D eigenvalue weighted by Gasteiger charge is -2.38. The number of rotatable bonds is 2. The zero-order valence-electron chi connectivity index (χ0n) is 9.47. The van der Waals surface area contributed by atoms with Gasteiger partial charge in [0.25, 0.3) is 0 Å². The van der Waals surface area contributed by atoms with Crippen LogP contribution in [0.3, 0.4) is 0 Å². The van der Waals surface area contributed by atoms with Crippen LogP contribution in [0.1, 0.15) is 40.0 Å². The van der Waals surface area contributed by atoms with Crippen molar-refractivity contribution in [1.82, 2.24) is 0 Å². The van der Waals surface area contributed by atoms with Crippen molar-refractivity contribution in [2.24, 2.45) is 11.3 Å². The molecule has 0 aromatic heterocycles. The highest BCUT2D eigenvalue weighted by Gasteiger charge is 2.32. The minimum absolute atomic E-state index is 0.263. The van der Waals surface area contributed by atoms with Crippen molar-refractivity contribution in [2.75, 3.05) is 0 Å². The van der Waals surface area contributed by atoms with Crippen molar-refractivity contribution < 1.29 is 4.79 Å². The Hall–Kier alpha value is -0.850. The van der Waals surface area contributed by atoms with Crippen LogP contribution in [0.2, 0.25) is 0 Å². The highest BCUT2D eigenvalue weighted by atomic mass is 16.1. The fourth-order valence-corrected chi connectivity index (χ4v) is 2.28. The summed E-state index contributed by atoms with van der Waals surface area (Å²) in [7, 11) is 0. The largest absolute Gasteiger partial charge is 0.298 e. The average Bonchev–Trinajstić information content (AvgIpc) is 2.11. The Labute approximate surface area is 86.9 Å². The quantitative estimate of drug-likeness (QED) is 0.372. The van der Waals surface area contributed by atoms with Crippen LogP contribution < -0.4 is 0 Å². The summed E-state index contributed by atoms with van der Waals surface area (Å²) in [5.74, 6) is 0.376. The first-order chi connectivity index (χ1) is 6.47. The summed E-state index contributed by atoms with van der Waals surface area (Å²) in [4.78, 5) is 10.6. The first kappa shape index (κ1) is 11.2. The fourth-order valence-electron chi connectivity index (χ4n) is 2.28. The Balaban J connectivity index is 2.91. The molecule has 0 N–H and O–H groups in total. The van der Waals surface area contributed by atoms with Crippen LogP contribution in [0.4, 0.5) is 0 Å². The van der Waals surface area contributed by atoms with E-state index in [1.807, 2.05) is 6.92 Å². The van der Waals surface area contributed by atoms with Crippen molar-refractivity contribution in [3.8, 4) is 0 Å². The number of carbonyl (C=O) groups is 1. The summed E-state index contributed by atoms with van der Waals surface area (Å²) in [6.07, 6.45) is 6.57. The lowest BCUT2D eigenvalue weighted by atomic mass is 9.66. The predicted molar refractivity (Wildman–Crippen MR) is 60.1 cm³/mol. The smallest absolute Gasteiger partial charge is 0.145 e. The molecule has 1 aliphatic rings. The number of hydrogen-bond donors (Lipinski definition) is 0. The molecule has 78 valence electrons. The minimum atomic E-state index is 0.263. The van der Waals surface area contributed by atoms with Gasteiger partial charge in [0, 0.05) is 5.92 Å². The normalized spacial score (nSPS) is 27.5. The molecular weight excluding hydrogens is 172 g/mol. The van der Waals surface area contributed by atoms with Crippen LogP contribution in [0.15, 0.2) is 23.8 Å². The summed E-state index contributed by atoms with van der Waals surface area (Å²) in [6, 6.07) is 0. The second-order valence-electron chi connectivity index (χ2n) is 5.01. The SMILES string of the molecule is C=C1CCCC(C)(C)C1C=C(C)C=O. The second-order valence-corrected chi connectivity index (χ2v) is 5.01. The zero-order chi connectivity index (χ0) is 10.8. The molecule has 1 rings (SSSR count). The first-order valence-electron chi connectivity index (χ1n) is 5.28. The third-order valence-corrected chi connectivity index (χ3v) is 3.22. The van der Waals surface area contributed by atoms with Crippen LogP contribution in [0.5, 0.6) is 0 Å². The fraction of sp³-hybridized carbons (Fsp3) is 0.615. The molecule has 0 aromatic rings. The topological polar surface area (TPSA) is 17.1 Å². The van der Waals surface area contributed by atoms with Crippen LogP contribution in [0, 0.1) is 11.3 Å². The summed E-state index contributed by atoms with van der Waals surface area (Å²) >= 11 is 0. The van der Waals surface area contributed by atoms with E-state index in [-0.39, 0.29) is 5.41 Å². The molecule has 1 fully saturated rings. The van der Waals surface area contributed by atoms with Gasteiger partial charge in [0.1, 0.15) is 6.29 Å². The standard InChI is InChI=1S/C13H20O/c1-10(9-14)8-12-11(2)6-5-7-13(12,3)4/h8-9,12H,2,5-7H2,1,3-4H3. The van der Waals surface area contributed by atoms with Crippen LogP contribution in [-0.2, 0) is 4.79 Å².